The fourth-order valence-corrected chi connectivity index (χ4v) is 3.73. The van der Waals surface area contributed by atoms with E-state index < -0.39 is 5.79 Å². The van der Waals surface area contributed by atoms with Crippen molar-refractivity contribution in [2.45, 2.75) is 38.2 Å². The molecule has 2 saturated heterocycles. The van der Waals surface area contributed by atoms with Crippen LogP contribution < -0.4 is 0 Å². The number of nitrogens with zero attached hydrogens (tertiary/aromatic N) is 1. The highest BCUT2D eigenvalue weighted by molar-refractivity contribution is 5.88. The lowest BCUT2D eigenvalue weighted by Crippen LogP contribution is -2.61. The lowest BCUT2D eigenvalue weighted by molar-refractivity contribution is -0.180. The number of carbonyl (C=O) groups excluding carboxylic acids is 1. The first-order valence-corrected chi connectivity index (χ1v) is 7.27. The van der Waals surface area contributed by atoms with Crippen LogP contribution in [0.2, 0.25) is 0 Å². The van der Waals surface area contributed by atoms with Crippen LogP contribution >= 0.6 is 0 Å². The number of carbonyl (C=O) groups is 1. The molecule has 0 radical (unpaired) electrons. The normalized spacial score (nSPS) is 34.4. The number of benzene rings is 1. The summed E-state index contributed by atoms with van der Waals surface area (Å²) in [5, 5.41) is 0. The SMILES string of the molecule is CC1(C)OC[C@@H]([C@@H]2C(=O)N3CCc4ccccc4[C@@H]23)O1. The van der Waals surface area contributed by atoms with Gasteiger partial charge in [-0.15, -0.1) is 0 Å². The van der Waals surface area contributed by atoms with Gasteiger partial charge >= 0.3 is 0 Å². The van der Waals surface area contributed by atoms with Gasteiger partial charge in [-0.3, -0.25) is 4.79 Å². The van der Waals surface area contributed by atoms with E-state index in [0.717, 1.165) is 13.0 Å². The topological polar surface area (TPSA) is 38.8 Å². The lowest BCUT2D eigenvalue weighted by Gasteiger charge is -2.52. The van der Waals surface area contributed by atoms with Gasteiger partial charge in [0.15, 0.2) is 5.79 Å². The minimum Gasteiger partial charge on any atom is -0.348 e. The van der Waals surface area contributed by atoms with Crippen molar-refractivity contribution in [2.75, 3.05) is 13.2 Å². The standard InChI is InChI=1S/C16H19NO3/c1-16(2)19-9-12(20-16)13-14-11-6-4-3-5-10(11)7-8-17(14)15(13)18/h3-6,12-14H,7-9H2,1-2H3/t12-,13-,14-/m0/s1. The molecule has 4 nitrogen and oxygen atoms in total. The molecule has 0 aromatic heterocycles. The zero-order chi connectivity index (χ0) is 13.9. The number of hydrogen-bond donors (Lipinski definition) is 0. The van der Waals surface area contributed by atoms with Crippen molar-refractivity contribution in [2.24, 2.45) is 5.92 Å². The Morgan fingerprint density at radius 2 is 2.10 bits per heavy atom. The van der Waals surface area contributed by atoms with Gasteiger partial charge in [0, 0.05) is 6.54 Å². The number of fused-ring (bicyclic) bond motifs is 3. The minimum absolute atomic E-state index is 0.0850. The van der Waals surface area contributed by atoms with E-state index in [0.29, 0.717) is 6.61 Å². The Morgan fingerprint density at radius 3 is 2.85 bits per heavy atom. The molecule has 1 amide bonds. The summed E-state index contributed by atoms with van der Waals surface area (Å²) in [5.74, 6) is -0.437. The number of β-lactam (4-membered cyclic amide) rings is 1. The first-order valence-electron chi connectivity index (χ1n) is 7.27. The molecule has 3 aliphatic heterocycles. The fraction of sp³-hybridized carbons (Fsp3) is 0.562. The molecule has 0 unspecified atom stereocenters. The largest absolute Gasteiger partial charge is 0.348 e. The van der Waals surface area contributed by atoms with Crippen LogP contribution in [0.15, 0.2) is 24.3 Å². The Labute approximate surface area is 118 Å². The molecule has 1 aromatic carbocycles. The average Bonchev–Trinajstić information content (AvgIpc) is 2.77. The van der Waals surface area contributed by atoms with E-state index in [2.05, 4.69) is 24.3 Å². The molecule has 0 N–H and O–H groups in total. The maximum absolute atomic E-state index is 12.4. The van der Waals surface area contributed by atoms with Crippen molar-refractivity contribution in [1.82, 2.24) is 4.90 Å². The van der Waals surface area contributed by atoms with Gasteiger partial charge in [0.05, 0.1) is 24.7 Å². The van der Waals surface area contributed by atoms with Crippen molar-refractivity contribution in [1.29, 1.82) is 0 Å². The molecule has 2 fully saturated rings. The molecule has 0 aliphatic carbocycles. The fourth-order valence-electron chi connectivity index (χ4n) is 3.73. The third-order valence-electron chi connectivity index (χ3n) is 4.67. The smallest absolute Gasteiger partial charge is 0.231 e. The molecule has 106 valence electrons. The lowest BCUT2D eigenvalue weighted by atomic mass is 9.74. The van der Waals surface area contributed by atoms with Crippen LogP contribution in [-0.4, -0.2) is 35.8 Å². The first kappa shape index (κ1) is 12.4. The van der Waals surface area contributed by atoms with E-state index in [1.54, 1.807) is 0 Å². The summed E-state index contributed by atoms with van der Waals surface area (Å²) in [5.41, 5.74) is 2.65. The second kappa shape index (κ2) is 4.06. The van der Waals surface area contributed by atoms with E-state index in [1.165, 1.54) is 11.1 Å². The van der Waals surface area contributed by atoms with Crippen LogP contribution in [0, 0.1) is 5.92 Å². The molecular weight excluding hydrogens is 254 g/mol. The Hall–Kier alpha value is -1.39. The van der Waals surface area contributed by atoms with Crippen molar-refractivity contribution in [3.63, 3.8) is 0 Å². The number of rotatable bonds is 1. The number of ether oxygens (including phenoxy) is 2. The Bertz CT molecular complexity index is 569. The number of hydrogen-bond acceptors (Lipinski definition) is 3. The molecule has 3 atom stereocenters. The molecule has 0 spiro atoms. The van der Waals surface area contributed by atoms with E-state index in [1.807, 2.05) is 18.7 Å². The summed E-state index contributed by atoms with van der Waals surface area (Å²) < 4.78 is 11.6. The quantitative estimate of drug-likeness (QED) is 0.734. The molecular formula is C16H19NO3. The summed E-state index contributed by atoms with van der Waals surface area (Å²) in [6.45, 7) is 5.15. The molecule has 4 heteroatoms. The van der Waals surface area contributed by atoms with Crippen LogP contribution in [0.4, 0.5) is 0 Å². The average molecular weight is 273 g/mol. The highest BCUT2D eigenvalue weighted by atomic mass is 16.7. The van der Waals surface area contributed by atoms with Crippen molar-refractivity contribution < 1.29 is 14.3 Å². The van der Waals surface area contributed by atoms with E-state index in [4.69, 9.17) is 9.47 Å². The van der Waals surface area contributed by atoms with Crippen LogP contribution in [0.25, 0.3) is 0 Å². The molecule has 1 aromatic rings. The summed E-state index contributed by atoms with van der Waals surface area (Å²) in [7, 11) is 0. The molecule has 3 aliphatic rings. The Balaban J connectivity index is 1.65. The van der Waals surface area contributed by atoms with Gasteiger partial charge in [-0.05, 0) is 31.4 Å². The second-order valence-corrected chi connectivity index (χ2v) is 6.32. The molecule has 0 saturated carbocycles. The Morgan fingerprint density at radius 1 is 1.30 bits per heavy atom. The zero-order valence-electron chi connectivity index (χ0n) is 11.8. The van der Waals surface area contributed by atoms with Crippen LogP contribution in [0.3, 0.4) is 0 Å². The van der Waals surface area contributed by atoms with Gasteiger partial charge in [0.1, 0.15) is 0 Å². The van der Waals surface area contributed by atoms with Gasteiger partial charge in [0.2, 0.25) is 5.91 Å². The van der Waals surface area contributed by atoms with Crippen molar-refractivity contribution in [3.05, 3.63) is 35.4 Å². The molecule has 20 heavy (non-hydrogen) atoms. The highest BCUT2D eigenvalue weighted by Crippen LogP contribution is 2.48. The minimum atomic E-state index is -0.570. The monoisotopic (exact) mass is 273 g/mol. The van der Waals surface area contributed by atoms with Crippen LogP contribution in [-0.2, 0) is 20.7 Å². The first-order chi connectivity index (χ1) is 9.57. The maximum Gasteiger partial charge on any atom is 0.231 e. The van der Waals surface area contributed by atoms with E-state index in [9.17, 15) is 4.79 Å². The summed E-state index contributed by atoms with van der Waals surface area (Å²) in [6, 6.07) is 8.62. The Kier molecular flexibility index (Phi) is 2.51. The van der Waals surface area contributed by atoms with Crippen molar-refractivity contribution in [3.8, 4) is 0 Å². The third-order valence-corrected chi connectivity index (χ3v) is 4.67. The number of amides is 1. The van der Waals surface area contributed by atoms with E-state index in [-0.39, 0.29) is 24.0 Å². The molecule has 4 rings (SSSR count). The van der Waals surface area contributed by atoms with Crippen molar-refractivity contribution >= 4 is 5.91 Å². The van der Waals surface area contributed by atoms with Gasteiger partial charge in [-0.25, -0.2) is 0 Å². The van der Waals surface area contributed by atoms with Gasteiger partial charge < -0.3 is 14.4 Å². The van der Waals surface area contributed by atoms with Gasteiger partial charge in [-0.2, -0.15) is 0 Å². The van der Waals surface area contributed by atoms with E-state index >= 15 is 0 Å². The predicted octanol–water partition coefficient (Wildman–Crippen LogP) is 1.89. The summed E-state index contributed by atoms with van der Waals surface area (Å²) in [4.78, 5) is 14.4. The van der Waals surface area contributed by atoms with Gasteiger partial charge in [0.25, 0.3) is 0 Å². The predicted molar refractivity (Wildman–Crippen MR) is 73.0 cm³/mol. The summed E-state index contributed by atoms with van der Waals surface area (Å²) >= 11 is 0. The highest BCUT2D eigenvalue weighted by Gasteiger charge is 2.56. The third kappa shape index (κ3) is 1.64. The van der Waals surface area contributed by atoms with Crippen LogP contribution in [0.1, 0.15) is 31.0 Å². The maximum atomic E-state index is 12.4. The van der Waals surface area contributed by atoms with Crippen LogP contribution in [0.5, 0.6) is 0 Å². The van der Waals surface area contributed by atoms with Gasteiger partial charge in [-0.1, -0.05) is 24.3 Å². The molecule has 3 heterocycles. The second-order valence-electron chi connectivity index (χ2n) is 6.32. The zero-order valence-corrected chi connectivity index (χ0v) is 11.8. The molecule has 0 bridgehead atoms. The summed E-state index contributed by atoms with van der Waals surface area (Å²) in [6.07, 6.45) is 0.837.